The molecule has 0 radical (unpaired) electrons. The maximum atomic E-state index is 13.6. The summed E-state index contributed by atoms with van der Waals surface area (Å²) in [4.78, 5) is 23.0. The second-order valence-electron chi connectivity index (χ2n) is 8.03. The average molecular weight is 482 g/mol. The summed E-state index contributed by atoms with van der Waals surface area (Å²) in [6, 6.07) is 11.7. The van der Waals surface area contributed by atoms with E-state index in [-0.39, 0.29) is 10.6 Å². The summed E-state index contributed by atoms with van der Waals surface area (Å²) in [5.41, 5.74) is 2.10. The summed E-state index contributed by atoms with van der Waals surface area (Å²) in [6.07, 6.45) is 5.98. The number of anilines is 3. The number of aromatic nitrogens is 2. The van der Waals surface area contributed by atoms with Crippen molar-refractivity contribution in [2.45, 2.75) is 31.1 Å². The number of nitrogens with zero attached hydrogens (tertiary/aromatic N) is 3. The van der Waals surface area contributed by atoms with Crippen LogP contribution in [0.4, 0.5) is 17.1 Å². The van der Waals surface area contributed by atoms with Crippen LogP contribution in [0.3, 0.4) is 0 Å². The molecule has 0 atom stereocenters. The highest BCUT2D eigenvalue weighted by Gasteiger charge is 2.25. The van der Waals surface area contributed by atoms with E-state index in [9.17, 15) is 13.2 Å². The van der Waals surface area contributed by atoms with Crippen molar-refractivity contribution in [1.82, 2.24) is 9.97 Å². The van der Waals surface area contributed by atoms with E-state index >= 15 is 0 Å². The van der Waals surface area contributed by atoms with Gasteiger partial charge in [0.15, 0.2) is 0 Å². The lowest BCUT2D eigenvalue weighted by Gasteiger charge is -2.30. The predicted octanol–water partition coefficient (Wildman–Crippen LogP) is 3.84. The number of benzene rings is 2. The van der Waals surface area contributed by atoms with Crippen molar-refractivity contribution in [2.75, 3.05) is 35.1 Å². The van der Waals surface area contributed by atoms with Crippen molar-refractivity contribution < 1.29 is 17.9 Å². The third-order valence-electron chi connectivity index (χ3n) is 5.57. The molecule has 0 spiro atoms. The quantitative estimate of drug-likeness (QED) is 0.527. The summed E-state index contributed by atoms with van der Waals surface area (Å²) in [6.45, 7) is 3.31. The van der Waals surface area contributed by atoms with Crippen molar-refractivity contribution in [3.8, 4) is 5.75 Å². The smallest absolute Gasteiger partial charge is 0.275 e. The molecule has 10 heteroatoms. The van der Waals surface area contributed by atoms with Crippen molar-refractivity contribution >= 4 is 33.0 Å². The highest BCUT2D eigenvalue weighted by Crippen LogP contribution is 2.33. The van der Waals surface area contributed by atoms with Crippen LogP contribution in [0.2, 0.25) is 0 Å². The maximum Gasteiger partial charge on any atom is 0.275 e. The van der Waals surface area contributed by atoms with Crippen LogP contribution in [0.5, 0.6) is 5.75 Å². The first kappa shape index (κ1) is 23.5. The maximum absolute atomic E-state index is 13.6. The number of sulfonamides is 1. The number of hydrogen-bond donors (Lipinski definition) is 2. The molecule has 2 N–H and O–H groups in total. The van der Waals surface area contributed by atoms with E-state index in [1.165, 1.54) is 25.6 Å². The van der Waals surface area contributed by atoms with Gasteiger partial charge in [-0.05, 0) is 56.5 Å². The molecule has 9 nitrogen and oxygen atoms in total. The number of methoxy groups -OCH3 is 1. The van der Waals surface area contributed by atoms with Crippen molar-refractivity contribution in [3.63, 3.8) is 0 Å². The summed E-state index contributed by atoms with van der Waals surface area (Å²) < 4.78 is 35.0. The van der Waals surface area contributed by atoms with E-state index in [2.05, 4.69) is 24.9 Å². The van der Waals surface area contributed by atoms with Gasteiger partial charge in [-0.2, -0.15) is 0 Å². The lowest BCUT2D eigenvalue weighted by atomic mass is 10.1. The number of hydrogen-bond acceptors (Lipinski definition) is 7. The Kier molecular flexibility index (Phi) is 6.97. The molecule has 0 bridgehead atoms. The normalized spacial score (nSPS) is 13.9. The van der Waals surface area contributed by atoms with Gasteiger partial charge in [0.25, 0.3) is 15.9 Å². The van der Waals surface area contributed by atoms with Crippen molar-refractivity contribution in [1.29, 1.82) is 0 Å². The molecule has 34 heavy (non-hydrogen) atoms. The molecule has 0 unspecified atom stereocenters. The Morgan fingerprint density at radius 2 is 1.79 bits per heavy atom. The van der Waals surface area contributed by atoms with Gasteiger partial charge in [-0.3, -0.25) is 14.5 Å². The van der Waals surface area contributed by atoms with Gasteiger partial charge in [0.1, 0.15) is 16.3 Å². The highest BCUT2D eigenvalue weighted by atomic mass is 32.2. The van der Waals surface area contributed by atoms with Crippen LogP contribution in [0.25, 0.3) is 0 Å². The standard InChI is InChI=1S/C24H27N5O4S/c1-17-15-26-20(16-25-17)24(30)27-18-10-11-21(29-12-6-3-7-13-29)23(14-18)34(31,32)28-19-8-4-5-9-22(19)33-2/h4-5,8-11,14-16,28H,3,6-7,12-13H2,1-2H3,(H,27,30). The number of amides is 1. The molecule has 4 rings (SSSR count). The lowest BCUT2D eigenvalue weighted by Crippen LogP contribution is -2.31. The topological polar surface area (TPSA) is 114 Å². The molecule has 0 aliphatic carbocycles. The minimum absolute atomic E-state index is 0.0769. The first-order valence-corrected chi connectivity index (χ1v) is 12.5. The summed E-state index contributed by atoms with van der Waals surface area (Å²) >= 11 is 0. The van der Waals surface area contributed by atoms with Gasteiger partial charge >= 0.3 is 0 Å². The first-order valence-electron chi connectivity index (χ1n) is 11.0. The fourth-order valence-electron chi connectivity index (χ4n) is 3.84. The van der Waals surface area contributed by atoms with Gasteiger partial charge in [0.2, 0.25) is 0 Å². The van der Waals surface area contributed by atoms with Gasteiger partial charge in [0.05, 0.1) is 30.4 Å². The number of piperidine rings is 1. The lowest BCUT2D eigenvalue weighted by molar-refractivity contribution is 0.102. The number of carbonyl (C=O) groups excluding carboxylic acids is 1. The number of carbonyl (C=O) groups is 1. The van der Waals surface area contributed by atoms with E-state index in [4.69, 9.17) is 4.74 Å². The van der Waals surface area contributed by atoms with Crippen LogP contribution in [-0.2, 0) is 10.0 Å². The first-order chi connectivity index (χ1) is 16.4. The van der Waals surface area contributed by atoms with Gasteiger partial charge < -0.3 is 15.0 Å². The Morgan fingerprint density at radius 1 is 1.03 bits per heavy atom. The van der Waals surface area contributed by atoms with E-state index in [1.54, 1.807) is 43.3 Å². The monoisotopic (exact) mass is 481 g/mol. The highest BCUT2D eigenvalue weighted by molar-refractivity contribution is 7.93. The Labute approximate surface area is 199 Å². The molecule has 2 heterocycles. The fourth-order valence-corrected chi connectivity index (χ4v) is 5.16. The molecule has 1 aromatic heterocycles. The van der Waals surface area contributed by atoms with E-state index < -0.39 is 15.9 Å². The van der Waals surface area contributed by atoms with Gasteiger partial charge in [0, 0.05) is 25.0 Å². The van der Waals surface area contributed by atoms with E-state index in [0.29, 0.717) is 28.5 Å². The molecule has 0 saturated carbocycles. The van der Waals surface area contributed by atoms with E-state index in [0.717, 1.165) is 32.4 Å². The fraction of sp³-hybridized carbons (Fsp3) is 0.292. The van der Waals surface area contributed by atoms with Crippen LogP contribution < -0.4 is 19.7 Å². The molecule has 2 aromatic carbocycles. The zero-order chi connectivity index (χ0) is 24.1. The van der Waals surface area contributed by atoms with Crippen LogP contribution in [-0.4, -0.2) is 44.5 Å². The molecule has 1 amide bonds. The van der Waals surface area contributed by atoms with Crippen LogP contribution in [0, 0.1) is 6.92 Å². The molecule has 3 aromatic rings. The molecule has 1 aliphatic rings. The van der Waals surface area contributed by atoms with Gasteiger partial charge in [-0.25, -0.2) is 13.4 Å². The van der Waals surface area contributed by atoms with Crippen LogP contribution >= 0.6 is 0 Å². The van der Waals surface area contributed by atoms with E-state index in [1.807, 2.05) is 0 Å². The second-order valence-corrected chi connectivity index (χ2v) is 9.68. The zero-order valence-electron chi connectivity index (χ0n) is 19.1. The van der Waals surface area contributed by atoms with Gasteiger partial charge in [-0.1, -0.05) is 12.1 Å². The summed E-state index contributed by atoms with van der Waals surface area (Å²) in [5, 5.41) is 2.73. The zero-order valence-corrected chi connectivity index (χ0v) is 19.9. The average Bonchev–Trinajstić information content (AvgIpc) is 2.85. The predicted molar refractivity (Wildman–Crippen MR) is 131 cm³/mol. The molecule has 178 valence electrons. The Morgan fingerprint density at radius 3 is 2.50 bits per heavy atom. The molecule has 1 fully saturated rings. The third kappa shape index (κ3) is 5.28. The third-order valence-corrected chi connectivity index (χ3v) is 6.96. The number of ether oxygens (including phenoxy) is 1. The largest absolute Gasteiger partial charge is 0.495 e. The Bertz CT molecular complexity index is 1270. The Balaban J connectivity index is 1.70. The SMILES string of the molecule is COc1ccccc1NS(=O)(=O)c1cc(NC(=O)c2cnc(C)cn2)ccc1N1CCCCC1. The summed E-state index contributed by atoms with van der Waals surface area (Å²) in [7, 11) is -2.52. The number of para-hydroxylation sites is 2. The minimum Gasteiger partial charge on any atom is -0.495 e. The molecule has 1 saturated heterocycles. The van der Waals surface area contributed by atoms with Crippen LogP contribution in [0.1, 0.15) is 35.4 Å². The van der Waals surface area contributed by atoms with Crippen LogP contribution in [0.15, 0.2) is 59.8 Å². The molecular weight excluding hydrogens is 454 g/mol. The number of nitrogens with one attached hydrogen (secondary N) is 2. The number of rotatable bonds is 7. The Hall–Kier alpha value is -3.66. The van der Waals surface area contributed by atoms with Crippen molar-refractivity contribution in [3.05, 3.63) is 66.2 Å². The molecular formula is C24H27N5O4S. The second kappa shape index (κ2) is 10.1. The summed E-state index contributed by atoms with van der Waals surface area (Å²) in [5.74, 6) is -0.0627. The molecule has 1 aliphatic heterocycles. The van der Waals surface area contributed by atoms with Crippen molar-refractivity contribution in [2.24, 2.45) is 0 Å². The number of aryl methyl sites for hydroxylation is 1. The minimum atomic E-state index is -4.01. The van der Waals surface area contributed by atoms with Gasteiger partial charge in [-0.15, -0.1) is 0 Å².